The Kier molecular flexibility index (Phi) is 4.85. The number of ether oxygens (including phenoxy) is 1. The first-order chi connectivity index (χ1) is 6.97. The second-order valence-electron chi connectivity index (χ2n) is 2.68. The minimum Gasteiger partial charge on any atom is -0.310 e. The second kappa shape index (κ2) is 5.69. The Morgan fingerprint density at radius 2 is 2.13 bits per heavy atom. The topological polar surface area (TPSA) is 21.3 Å². The molecular formula is C8H9ClF3NOS. The molecule has 0 aliphatic rings. The number of halogens is 4. The van der Waals surface area contributed by atoms with Crippen LogP contribution < -0.4 is 5.32 Å². The van der Waals surface area contributed by atoms with Crippen LogP contribution in [0.3, 0.4) is 0 Å². The first kappa shape index (κ1) is 12.8. The highest BCUT2D eigenvalue weighted by molar-refractivity contribution is 7.16. The van der Waals surface area contributed by atoms with Crippen molar-refractivity contribution in [3.63, 3.8) is 0 Å². The molecule has 0 atom stereocenters. The van der Waals surface area contributed by atoms with E-state index in [1.54, 1.807) is 6.07 Å². The van der Waals surface area contributed by atoms with E-state index >= 15 is 0 Å². The van der Waals surface area contributed by atoms with Gasteiger partial charge in [0.2, 0.25) is 0 Å². The average Bonchev–Trinajstić information content (AvgIpc) is 2.49. The molecule has 0 aliphatic heterocycles. The molecule has 1 rings (SSSR count). The highest BCUT2D eigenvalue weighted by atomic mass is 35.5. The van der Waals surface area contributed by atoms with Crippen LogP contribution >= 0.6 is 22.9 Å². The van der Waals surface area contributed by atoms with Crippen molar-refractivity contribution in [1.29, 1.82) is 0 Å². The minimum atomic E-state index is -4.55. The molecule has 0 aliphatic carbocycles. The monoisotopic (exact) mass is 259 g/mol. The summed E-state index contributed by atoms with van der Waals surface area (Å²) in [4.78, 5) is 0.979. The van der Waals surface area contributed by atoms with Crippen molar-refractivity contribution in [2.24, 2.45) is 0 Å². The lowest BCUT2D eigenvalue weighted by Gasteiger charge is -2.07. The summed E-state index contributed by atoms with van der Waals surface area (Å²) >= 11 is 7.07. The second-order valence-corrected chi connectivity index (χ2v) is 4.48. The Bertz CT molecular complexity index is 302. The molecule has 0 aromatic carbocycles. The first-order valence-corrected chi connectivity index (χ1v) is 5.32. The van der Waals surface area contributed by atoms with Gasteiger partial charge in [0.25, 0.3) is 0 Å². The van der Waals surface area contributed by atoms with Gasteiger partial charge in [-0.15, -0.1) is 24.5 Å². The van der Waals surface area contributed by atoms with Crippen LogP contribution in [0.2, 0.25) is 4.34 Å². The molecule has 1 aromatic heterocycles. The quantitative estimate of drug-likeness (QED) is 0.821. The van der Waals surface area contributed by atoms with Gasteiger partial charge < -0.3 is 5.32 Å². The SMILES string of the molecule is FC(F)(F)OCCNCc1ccc(Cl)s1. The van der Waals surface area contributed by atoms with Gasteiger partial charge in [0, 0.05) is 18.0 Å². The third kappa shape index (κ3) is 5.99. The molecule has 15 heavy (non-hydrogen) atoms. The molecule has 1 N–H and O–H groups in total. The highest BCUT2D eigenvalue weighted by Crippen LogP contribution is 2.21. The van der Waals surface area contributed by atoms with Crippen molar-refractivity contribution in [3.05, 3.63) is 21.3 Å². The van der Waals surface area contributed by atoms with Gasteiger partial charge in [-0.05, 0) is 12.1 Å². The largest absolute Gasteiger partial charge is 0.522 e. The zero-order valence-corrected chi connectivity index (χ0v) is 9.18. The van der Waals surface area contributed by atoms with Crippen LogP contribution in [0.15, 0.2) is 12.1 Å². The molecule has 0 fully saturated rings. The fraction of sp³-hybridized carbons (Fsp3) is 0.500. The van der Waals surface area contributed by atoms with Crippen molar-refractivity contribution in [2.45, 2.75) is 12.9 Å². The van der Waals surface area contributed by atoms with Crippen molar-refractivity contribution in [1.82, 2.24) is 5.32 Å². The van der Waals surface area contributed by atoms with Gasteiger partial charge in [-0.1, -0.05) is 11.6 Å². The summed E-state index contributed by atoms with van der Waals surface area (Å²) in [6.45, 7) is 0.260. The maximum Gasteiger partial charge on any atom is 0.522 e. The molecule has 0 radical (unpaired) electrons. The normalized spacial score (nSPS) is 12.0. The number of alkyl halides is 3. The van der Waals surface area contributed by atoms with Crippen LogP contribution in [0.25, 0.3) is 0 Å². The molecule has 0 bridgehead atoms. The van der Waals surface area contributed by atoms with Crippen LogP contribution in [-0.2, 0) is 11.3 Å². The molecule has 0 spiro atoms. The maximum absolute atomic E-state index is 11.5. The van der Waals surface area contributed by atoms with Crippen LogP contribution in [0, 0.1) is 0 Å². The lowest BCUT2D eigenvalue weighted by Crippen LogP contribution is -2.23. The third-order valence-electron chi connectivity index (χ3n) is 1.47. The number of hydrogen-bond acceptors (Lipinski definition) is 3. The molecule has 7 heteroatoms. The molecule has 0 saturated carbocycles. The molecule has 86 valence electrons. The van der Waals surface area contributed by atoms with Crippen molar-refractivity contribution >= 4 is 22.9 Å². The van der Waals surface area contributed by atoms with E-state index in [1.807, 2.05) is 6.07 Å². The van der Waals surface area contributed by atoms with Gasteiger partial charge in [-0.2, -0.15) is 0 Å². The Labute approximate surface area is 94.0 Å². The summed E-state index contributed by atoms with van der Waals surface area (Å²) in [6.07, 6.45) is -4.55. The van der Waals surface area contributed by atoms with Crippen molar-refractivity contribution in [3.8, 4) is 0 Å². The molecule has 1 heterocycles. The zero-order valence-electron chi connectivity index (χ0n) is 7.60. The van der Waals surface area contributed by atoms with Crippen LogP contribution in [0.4, 0.5) is 13.2 Å². The van der Waals surface area contributed by atoms with Gasteiger partial charge in [-0.3, -0.25) is 4.74 Å². The molecule has 1 aromatic rings. The Morgan fingerprint density at radius 3 is 2.67 bits per heavy atom. The number of hydrogen-bond donors (Lipinski definition) is 1. The fourth-order valence-corrected chi connectivity index (χ4v) is 1.95. The van der Waals surface area contributed by atoms with Gasteiger partial charge >= 0.3 is 6.36 Å². The molecule has 2 nitrogen and oxygen atoms in total. The summed E-state index contributed by atoms with van der Waals surface area (Å²) < 4.78 is 38.9. The van der Waals surface area contributed by atoms with E-state index in [0.717, 1.165) is 4.88 Å². The van der Waals surface area contributed by atoms with E-state index in [0.29, 0.717) is 10.9 Å². The summed E-state index contributed by atoms with van der Waals surface area (Å²) in [5.41, 5.74) is 0. The number of rotatable bonds is 5. The number of thiophene rings is 1. The average molecular weight is 260 g/mol. The van der Waals surface area contributed by atoms with E-state index < -0.39 is 6.36 Å². The lowest BCUT2D eigenvalue weighted by molar-refractivity contribution is -0.323. The van der Waals surface area contributed by atoms with Gasteiger partial charge in [0.1, 0.15) is 0 Å². The lowest BCUT2D eigenvalue weighted by atomic mass is 10.4. The van der Waals surface area contributed by atoms with E-state index in [4.69, 9.17) is 11.6 Å². The molecule has 0 saturated heterocycles. The third-order valence-corrected chi connectivity index (χ3v) is 2.70. The van der Waals surface area contributed by atoms with Crippen molar-refractivity contribution < 1.29 is 17.9 Å². The Morgan fingerprint density at radius 1 is 1.40 bits per heavy atom. The number of nitrogens with one attached hydrogen (secondary N) is 1. The van der Waals surface area contributed by atoms with Crippen LogP contribution in [0.1, 0.15) is 4.88 Å². The Hall–Kier alpha value is -0.300. The summed E-state index contributed by atoms with van der Waals surface area (Å²) in [7, 11) is 0. The van der Waals surface area contributed by atoms with Gasteiger partial charge in [0.15, 0.2) is 0 Å². The Balaban J connectivity index is 2.07. The summed E-state index contributed by atoms with van der Waals surface area (Å²) in [5.74, 6) is 0. The smallest absolute Gasteiger partial charge is 0.310 e. The molecule has 0 unspecified atom stereocenters. The van der Waals surface area contributed by atoms with E-state index in [1.165, 1.54) is 11.3 Å². The zero-order chi connectivity index (χ0) is 11.3. The predicted octanol–water partition coefficient (Wildman–Crippen LogP) is 3.03. The van der Waals surface area contributed by atoms with Gasteiger partial charge in [0.05, 0.1) is 10.9 Å². The fourth-order valence-electron chi connectivity index (χ4n) is 0.897. The maximum atomic E-state index is 11.5. The van der Waals surface area contributed by atoms with Crippen LogP contribution in [0.5, 0.6) is 0 Å². The van der Waals surface area contributed by atoms with Gasteiger partial charge in [-0.25, -0.2) is 0 Å². The minimum absolute atomic E-state index is 0.148. The van der Waals surface area contributed by atoms with E-state index in [9.17, 15) is 13.2 Å². The van der Waals surface area contributed by atoms with Crippen LogP contribution in [-0.4, -0.2) is 19.5 Å². The summed E-state index contributed by atoms with van der Waals surface area (Å²) in [5, 5.41) is 2.81. The first-order valence-electron chi connectivity index (χ1n) is 4.13. The predicted molar refractivity (Wildman–Crippen MR) is 53.0 cm³/mol. The molecular weight excluding hydrogens is 251 g/mol. The van der Waals surface area contributed by atoms with E-state index in [-0.39, 0.29) is 13.2 Å². The summed E-state index contributed by atoms with van der Waals surface area (Å²) in [6, 6.07) is 3.57. The van der Waals surface area contributed by atoms with Crippen molar-refractivity contribution in [2.75, 3.05) is 13.2 Å². The van der Waals surface area contributed by atoms with E-state index in [2.05, 4.69) is 10.1 Å². The standard InChI is InChI=1S/C8H9ClF3NOS/c9-7-2-1-6(15-7)5-13-3-4-14-8(10,11)12/h1-2,13H,3-5H2. The highest BCUT2D eigenvalue weighted by Gasteiger charge is 2.28. The molecule has 0 amide bonds.